The highest BCUT2D eigenvalue weighted by Crippen LogP contribution is 2.22. The van der Waals surface area contributed by atoms with Crippen molar-refractivity contribution in [2.75, 3.05) is 13.1 Å². The first-order chi connectivity index (χ1) is 10.7. The lowest BCUT2D eigenvalue weighted by molar-refractivity contribution is 0.700. The number of para-hydroxylation sites is 1. The van der Waals surface area contributed by atoms with E-state index in [1.54, 1.807) is 0 Å². The Bertz CT molecular complexity index is 631. The van der Waals surface area contributed by atoms with Gasteiger partial charge in [-0.05, 0) is 44.7 Å². The molecule has 1 aromatic heterocycles. The maximum absolute atomic E-state index is 4.66. The molecule has 0 aliphatic rings. The average molecular weight is 428 g/mol. The lowest BCUT2D eigenvalue weighted by Crippen LogP contribution is -2.41. The summed E-state index contributed by atoms with van der Waals surface area (Å²) in [6, 6.07) is 6.92. The molecule has 0 bridgehead atoms. The molecule has 23 heavy (non-hydrogen) atoms. The minimum absolute atomic E-state index is 0. The SMILES string of the molecule is CCNC(=NCCc1c[nH]c2c(CC)cccc12)NC(C)C.I. The molecule has 0 saturated carbocycles. The second-order valence-electron chi connectivity index (χ2n) is 5.82. The Hall–Kier alpha value is -1.24. The van der Waals surface area contributed by atoms with E-state index in [9.17, 15) is 0 Å². The van der Waals surface area contributed by atoms with Crippen molar-refractivity contribution < 1.29 is 0 Å². The molecule has 128 valence electrons. The van der Waals surface area contributed by atoms with Gasteiger partial charge in [0.2, 0.25) is 0 Å². The Morgan fingerprint density at radius 2 is 2.00 bits per heavy atom. The van der Waals surface area contributed by atoms with E-state index in [-0.39, 0.29) is 24.0 Å². The number of hydrogen-bond donors (Lipinski definition) is 3. The second-order valence-corrected chi connectivity index (χ2v) is 5.82. The van der Waals surface area contributed by atoms with Crippen molar-refractivity contribution in [2.45, 2.75) is 46.6 Å². The number of halogens is 1. The standard InChI is InChI=1S/C18H28N4.HI/c1-5-14-8-7-9-16-15(12-21-17(14)16)10-11-20-18(19-6-2)22-13(3)4;/h7-9,12-13,21H,5-6,10-11H2,1-4H3,(H2,19,20,22);1H. The van der Waals surface area contributed by atoms with E-state index in [4.69, 9.17) is 0 Å². The number of fused-ring (bicyclic) bond motifs is 1. The number of aryl methyl sites for hydroxylation is 1. The van der Waals surface area contributed by atoms with Gasteiger partial charge in [0.05, 0.1) is 0 Å². The largest absolute Gasteiger partial charge is 0.361 e. The van der Waals surface area contributed by atoms with Crippen LogP contribution in [-0.4, -0.2) is 30.1 Å². The van der Waals surface area contributed by atoms with Gasteiger partial charge in [0, 0.05) is 36.2 Å². The Morgan fingerprint density at radius 3 is 2.65 bits per heavy atom. The topological polar surface area (TPSA) is 52.2 Å². The molecule has 2 rings (SSSR count). The maximum Gasteiger partial charge on any atom is 0.191 e. The summed E-state index contributed by atoms with van der Waals surface area (Å²) >= 11 is 0. The number of H-pyrrole nitrogens is 1. The zero-order chi connectivity index (χ0) is 15.9. The molecule has 0 unspecified atom stereocenters. The monoisotopic (exact) mass is 428 g/mol. The lowest BCUT2D eigenvalue weighted by Gasteiger charge is -2.13. The van der Waals surface area contributed by atoms with Gasteiger partial charge in [-0.1, -0.05) is 25.1 Å². The van der Waals surface area contributed by atoms with Crippen LogP contribution >= 0.6 is 24.0 Å². The molecule has 4 nitrogen and oxygen atoms in total. The van der Waals surface area contributed by atoms with Crippen molar-refractivity contribution in [1.29, 1.82) is 0 Å². The predicted molar refractivity (Wildman–Crippen MR) is 111 cm³/mol. The van der Waals surface area contributed by atoms with Gasteiger partial charge < -0.3 is 15.6 Å². The summed E-state index contributed by atoms with van der Waals surface area (Å²) in [4.78, 5) is 8.08. The van der Waals surface area contributed by atoms with Crippen LogP contribution in [-0.2, 0) is 12.8 Å². The van der Waals surface area contributed by atoms with Gasteiger partial charge >= 0.3 is 0 Å². The predicted octanol–water partition coefficient (Wildman–Crippen LogP) is 3.85. The van der Waals surface area contributed by atoms with Crippen molar-refractivity contribution in [2.24, 2.45) is 4.99 Å². The third-order valence-corrected chi connectivity index (χ3v) is 3.69. The van der Waals surface area contributed by atoms with Crippen LogP contribution in [0.4, 0.5) is 0 Å². The quantitative estimate of drug-likeness (QED) is 0.372. The number of nitrogens with one attached hydrogen (secondary N) is 3. The fourth-order valence-corrected chi connectivity index (χ4v) is 2.66. The van der Waals surface area contributed by atoms with Gasteiger partial charge in [-0.25, -0.2) is 0 Å². The van der Waals surface area contributed by atoms with E-state index in [0.29, 0.717) is 6.04 Å². The zero-order valence-corrected chi connectivity index (χ0v) is 16.9. The lowest BCUT2D eigenvalue weighted by atomic mass is 10.1. The Balaban J connectivity index is 0.00000264. The highest BCUT2D eigenvalue weighted by Gasteiger charge is 2.06. The minimum Gasteiger partial charge on any atom is -0.361 e. The van der Waals surface area contributed by atoms with Crippen LogP contribution in [0.25, 0.3) is 10.9 Å². The number of guanidine groups is 1. The summed E-state index contributed by atoms with van der Waals surface area (Å²) in [5, 5.41) is 7.96. The van der Waals surface area contributed by atoms with E-state index in [2.05, 4.69) is 72.7 Å². The van der Waals surface area contributed by atoms with Gasteiger partial charge in [-0.3, -0.25) is 4.99 Å². The van der Waals surface area contributed by atoms with Gasteiger partial charge in [0.25, 0.3) is 0 Å². The Labute approximate surface area is 156 Å². The normalized spacial score (nSPS) is 11.6. The summed E-state index contributed by atoms with van der Waals surface area (Å²) in [6.45, 7) is 10.2. The van der Waals surface area contributed by atoms with E-state index in [0.717, 1.165) is 31.9 Å². The zero-order valence-electron chi connectivity index (χ0n) is 14.6. The number of rotatable bonds is 6. The van der Waals surface area contributed by atoms with E-state index >= 15 is 0 Å². The molecule has 0 radical (unpaired) electrons. The second kappa shape index (κ2) is 9.80. The molecule has 1 heterocycles. The summed E-state index contributed by atoms with van der Waals surface area (Å²) < 4.78 is 0. The molecule has 0 fully saturated rings. The minimum atomic E-state index is 0. The van der Waals surface area contributed by atoms with Crippen LogP contribution in [0, 0.1) is 0 Å². The van der Waals surface area contributed by atoms with E-state index in [1.165, 1.54) is 22.0 Å². The first-order valence-corrected chi connectivity index (χ1v) is 8.28. The van der Waals surface area contributed by atoms with Gasteiger partial charge in [0.1, 0.15) is 0 Å². The summed E-state index contributed by atoms with van der Waals surface area (Å²) in [5.41, 5.74) is 3.99. The van der Waals surface area contributed by atoms with Crippen LogP contribution in [0.15, 0.2) is 29.4 Å². The van der Waals surface area contributed by atoms with E-state index < -0.39 is 0 Å². The highest BCUT2D eigenvalue weighted by molar-refractivity contribution is 14.0. The average Bonchev–Trinajstić information content (AvgIpc) is 2.90. The number of aliphatic imine (C=N–C) groups is 1. The molecular formula is C18H29IN4. The summed E-state index contributed by atoms with van der Waals surface area (Å²) in [7, 11) is 0. The molecule has 2 aromatic rings. The molecule has 0 amide bonds. The molecule has 0 atom stereocenters. The molecule has 0 saturated heterocycles. The fourth-order valence-electron chi connectivity index (χ4n) is 2.66. The molecule has 3 N–H and O–H groups in total. The summed E-state index contributed by atoms with van der Waals surface area (Å²) in [5.74, 6) is 0.895. The molecular weight excluding hydrogens is 399 g/mol. The van der Waals surface area contributed by atoms with Crippen LogP contribution in [0.5, 0.6) is 0 Å². The third kappa shape index (κ3) is 5.41. The third-order valence-electron chi connectivity index (χ3n) is 3.69. The van der Waals surface area contributed by atoms with Crippen molar-refractivity contribution in [3.63, 3.8) is 0 Å². The van der Waals surface area contributed by atoms with E-state index in [1.807, 2.05) is 0 Å². The number of aromatic nitrogens is 1. The van der Waals surface area contributed by atoms with Crippen molar-refractivity contribution in [3.8, 4) is 0 Å². The van der Waals surface area contributed by atoms with Gasteiger partial charge in [0.15, 0.2) is 5.96 Å². The number of hydrogen-bond acceptors (Lipinski definition) is 1. The van der Waals surface area contributed by atoms with Crippen LogP contribution in [0.3, 0.4) is 0 Å². The first kappa shape index (κ1) is 19.8. The first-order valence-electron chi connectivity index (χ1n) is 8.28. The number of nitrogens with zero attached hydrogens (tertiary/aromatic N) is 1. The molecule has 0 aliphatic carbocycles. The van der Waals surface area contributed by atoms with Gasteiger partial charge in [-0.15, -0.1) is 24.0 Å². The smallest absolute Gasteiger partial charge is 0.191 e. The summed E-state index contributed by atoms with van der Waals surface area (Å²) in [6.07, 6.45) is 4.13. The van der Waals surface area contributed by atoms with Crippen LogP contribution < -0.4 is 10.6 Å². The molecule has 0 aliphatic heterocycles. The van der Waals surface area contributed by atoms with Crippen LogP contribution in [0.1, 0.15) is 38.8 Å². The van der Waals surface area contributed by atoms with Crippen molar-refractivity contribution >= 4 is 40.8 Å². The van der Waals surface area contributed by atoms with Crippen molar-refractivity contribution in [1.82, 2.24) is 15.6 Å². The molecule has 5 heteroatoms. The van der Waals surface area contributed by atoms with Gasteiger partial charge in [-0.2, -0.15) is 0 Å². The van der Waals surface area contributed by atoms with Crippen LogP contribution in [0.2, 0.25) is 0 Å². The maximum atomic E-state index is 4.66. The highest BCUT2D eigenvalue weighted by atomic mass is 127. The molecule has 1 aromatic carbocycles. The fraction of sp³-hybridized carbons (Fsp3) is 0.500. The Kier molecular flexibility index (Phi) is 8.44. The van der Waals surface area contributed by atoms with Crippen molar-refractivity contribution in [3.05, 3.63) is 35.5 Å². The number of benzene rings is 1. The molecule has 0 spiro atoms. The number of aromatic amines is 1. The Morgan fingerprint density at radius 1 is 1.22 bits per heavy atom.